The van der Waals surface area contributed by atoms with Crippen molar-refractivity contribution in [2.45, 2.75) is 10.6 Å². The van der Waals surface area contributed by atoms with E-state index in [0.29, 0.717) is 0 Å². The van der Waals surface area contributed by atoms with Crippen LogP contribution < -0.4 is 0 Å². The Labute approximate surface area is 78.9 Å². The molecule has 12 heavy (non-hydrogen) atoms. The summed E-state index contributed by atoms with van der Waals surface area (Å²) in [6, 6.07) is 1.95. The number of carbonyl (C=O) groups excluding carboxylic acids is 1. The van der Waals surface area contributed by atoms with E-state index in [4.69, 9.17) is 0 Å². The van der Waals surface area contributed by atoms with Gasteiger partial charge in [0.05, 0.1) is 11.3 Å². The molecule has 0 bridgehead atoms. The topological polar surface area (TPSA) is 26.3 Å². The van der Waals surface area contributed by atoms with E-state index < -0.39 is 0 Å². The van der Waals surface area contributed by atoms with Crippen LogP contribution in [0.15, 0.2) is 10.3 Å². The van der Waals surface area contributed by atoms with Crippen molar-refractivity contribution in [3.63, 3.8) is 0 Å². The predicted molar refractivity (Wildman–Crippen MR) is 50.1 cm³/mol. The smallest absolute Gasteiger partial charge is 0.348 e. The number of ether oxygens (including phenoxy) is 1. The summed E-state index contributed by atoms with van der Waals surface area (Å²) in [5.41, 5.74) is 1.31. The third-order valence-electron chi connectivity index (χ3n) is 1.76. The standard InChI is InChI=1S/C8H8O2S2/c1-10-7(9)6-4-5-2-3-11-8(5)12-6/h4H,2-3H2,1H3. The Bertz CT molecular complexity index is 295. The second kappa shape index (κ2) is 3.11. The summed E-state index contributed by atoms with van der Waals surface area (Å²) in [5, 5.41) is 0. The monoisotopic (exact) mass is 200 g/mol. The number of aryl methyl sites for hydroxylation is 1. The van der Waals surface area contributed by atoms with Crippen LogP contribution in [-0.4, -0.2) is 18.8 Å². The summed E-state index contributed by atoms with van der Waals surface area (Å²) in [5.74, 6) is 0.942. The van der Waals surface area contributed by atoms with Gasteiger partial charge >= 0.3 is 5.97 Å². The molecule has 0 aliphatic carbocycles. The Balaban J connectivity index is 2.31. The van der Waals surface area contributed by atoms with Crippen molar-refractivity contribution in [3.05, 3.63) is 16.5 Å². The van der Waals surface area contributed by atoms with Gasteiger partial charge in [-0.15, -0.1) is 23.1 Å². The summed E-state index contributed by atoms with van der Waals surface area (Å²) in [6.45, 7) is 0. The minimum Gasteiger partial charge on any atom is -0.465 e. The van der Waals surface area contributed by atoms with Gasteiger partial charge < -0.3 is 4.74 Å². The number of esters is 1. The molecule has 64 valence electrons. The zero-order valence-electron chi connectivity index (χ0n) is 6.62. The van der Waals surface area contributed by atoms with Crippen LogP contribution in [0.2, 0.25) is 0 Å². The maximum atomic E-state index is 11.1. The second-order valence-electron chi connectivity index (χ2n) is 2.51. The van der Waals surface area contributed by atoms with Crippen molar-refractivity contribution < 1.29 is 9.53 Å². The van der Waals surface area contributed by atoms with Gasteiger partial charge in [-0.3, -0.25) is 0 Å². The first-order chi connectivity index (χ1) is 5.81. The molecule has 2 rings (SSSR count). The van der Waals surface area contributed by atoms with E-state index >= 15 is 0 Å². The number of fused-ring (bicyclic) bond motifs is 1. The Kier molecular flexibility index (Phi) is 2.11. The third-order valence-corrected chi connectivity index (χ3v) is 4.25. The maximum Gasteiger partial charge on any atom is 0.348 e. The molecule has 0 radical (unpaired) electrons. The van der Waals surface area contributed by atoms with Crippen LogP contribution in [0.5, 0.6) is 0 Å². The molecular formula is C8H8O2S2. The molecule has 0 atom stereocenters. The normalized spacial score (nSPS) is 14.4. The highest BCUT2D eigenvalue weighted by molar-refractivity contribution is 8.01. The molecule has 0 spiro atoms. The van der Waals surface area contributed by atoms with Gasteiger partial charge in [0.15, 0.2) is 0 Å². The van der Waals surface area contributed by atoms with Gasteiger partial charge in [-0.1, -0.05) is 0 Å². The number of rotatable bonds is 1. The van der Waals surface area contributed by atoms with Gasteiger partial charge in [-0.05, 0) is 18.1 Å². The molecule has 0 aromatic carbocycles. The first kappa shape index (κ1) is 8.13. The molecule has 0 saturated carbocycles. The molecule has 1 aromatic heterocycles. The van der Waals surface area contributed by atoms with Crippen molar-refractivity contribution in [2.24, 2.45) is 0 Å². The fourth-order valence-corrected chi connectivity index (χ4v) is 3.63. The molecule has 4 heteroatoms. The van der Waals surface area contributed by atoms with Crippen molar-refractivity contribution in [1.82, 2.24) is 0 Å². The van der Waals surface area contributed by atoms with E-state index in [0.717, 1.165) is 17.1 Å². The lowest BCUT2D eigenvalue weighted by Gasteiger charge is -1.92. The summed E-state index contributed by atoms with van der Waals surface area (Å²) in [6.07, 6.45) is 1.09. The minimum atomic E-state index is -0.213. The lowest BCUT2D eigenvalue weighted by atomic mass is 10.2. The van der Waals surface area contributed by atoms with Gasteiger partial charge in [0.25, 0.3) is 0 Å². The van der Waals surface area contributed by atoms with Gasteiger partial charge in [-0.25, -0.2) is 4.79 Å². The molecule has 1 aliphatic heterocycles. The summed E-state index contributed by atoms with van der Waals surface area (Å²) in [4.78, 5) is 11.8. The number of hydrogen-bond acceptors (Lipinski definition) is 4. The zero-order valence-corrected chi connectivity index (χ0v) is 8.26. The number of thioether (sulfide) groups is 1. The van der Waals surface area contributed by atoms with Crippen LogP contribution in [0.1, 0.15) is 15.2 Å². The second-order valence-corrected chi connectivity index (χ2v) is 4.93. The van der Waals surface area contributed by atoms with Crippen molar-refractivity contribution in [3.8, 4) is 0 Å². The Morgan fingerprint density at radius 1 is 1.67 bits per heavy atom. The number of methoxy groups -OCH3 is 1. The van der Waals surface area contributed by atoms with E-state index in [2.05, 4.69) is 4.74 Å². The highest BCUT2D eigenvalue weighted by Gasteiger charge is 2.18. The van der Waals surface area contributed by atoms with Gasteiger partial charge in [0.1, 0.15) is 4.88 Å². The highest BCUT2D eigenvalue weighted by atomic mass is 32.2. The molecule has 0 amide bonds. The van der Waals surface area contributed by atoms with E-state index in [-0.39, 0.29) is 5.97 Å². The maximum absolute atomic E-state index is 11.1. The van der Waals surface area contributed by atoms with Crippen molar-refractivity contribution in [2.75, 3.05) is 12.9 Å². The SMILES string of the molecule is COC(=O)c1cc2c(s1)SCC2. The van der Waals surface area contributed by atoms with E-state index in [9.17, 15) is 4.79 Å². The number of hydrogen-bond donors (Lipinski definition) is 0. The van der Waals surface area contributed by atoms with Crippen LogP contribution in [-0.2, 0) is 11.2 Å². The van der Waals surface area contributed by atoms with Gasteiger partial charge in [0, 0.05) is 5.75 Å². The highest BCUT2D eigenvalue weighted by Crippen LogP contribution is 2.38. The van der Waals surface area contributed by atoms with Gasteiger partial charge in [0.2, 0.25) is 0 Å². The molecule has 0 saturated heterocycles. The zero-order chi connectivity index (χ0) is 8.55. The Morgan fingerprint density at radius 2 is 2.50 bits per heavy atom. The number of carbonyl (C=O) groups is 1. The quantitative estimate of drug-likeness (QED) is 0.650. The third kappa shape index (κ3) is 1.25. The van der Waals surface area contributed by atoms with E-state index in [1.807, 2.05) is 17.8 Å². The van der Waals surface area contributed by atoms with Crippen LogP contribution >= 0.6 is 23.1 Å². The first-order valence-corrected chi connectivity index (χ1v) is 5.45. The molecule has 2 heterocycles. The first-order valence-electron chi connectivity index (χ1n) is 3.65. The van der Waals surface area contributed by atoms with Gasteiger partial charge in [-0.2, -0.15) is 0 Å². The van der Waals surface area contributed by atoms with Crippen molar-refractivity contribution >= 4 is 29.1 Å². The molecule has 2 nitrogen and oxygen atoms in total. The molecule has 1 aliphatic rings. The summed E-state index contributed by atoms with van der Waals surface area (Å²) < 4.78 is 5.92. The fourth-order valence-electron chi connectivity index (χ4n) is 1.16. The average Bonchev–Trinajstić information content (AvgIpc) is 2.60. The van der Waals surface area contributed by atoms with Crippen LogP contribution in [0, 0.1) is 0 Å². The summed E-state index contributed by atoms with van der Waals surface area (Å²) in [7, 11) is 1.42. The van der Waals surface area contributed by atoms with E-state index in [1.54, 1.807) is 11.3 Å². The Morgan fingerprint density at radius 3 is 3.17 bits per heavy atom. The predicted octanol–water partition coefficient (Wildman–Crippen LogP) is 2.18. The molecular weight excluding hydrogens is 192 g/mol. The fraction of sp³-hybridized carbons (Fsp3) is 0.375. The van der Waals surface area contributed by atoms with E-state index in [1.165, 1.54) is 16.9 Å². The molecule has 0 N–H and O–H groups in total. The van der Waals surface area contributed by atoms with Crippen LogP contribution in [0.25, 0.3) is 0 Å². The van der Waals surface area contributed by atoms with Crippen LogP contribution in [0.4, 0.5) is 0 Å². The lowest BCUT2D eigenvalue weighted by Crippen LogP contribution is -1.97. The Hall–Kier alpha value is -0.480. The summed E-state index contributed by atoms with van der Waals surface area (Å²) >= 11 is 3.37. The average molecular weight is 200 g/mol. The van der Waals surface area contributed by atoms with Crippen molar-refractivity contribution in [1.29, 1.82) is 0 Å². The van der Waals surface area contributed by atoms with Crippen LogP contribution in [0.3, 0.4) is 0 Å². The molecule has 1 aromatic rings. The minimum absolute atomic E-state index is 0.213. The molecule has 0 unspecified atom stereocenters. The molecule has 0 fully saturated rings. The lowest BCUT2D eigenvalue weighted by molar-refractivity contribution is 0.0606. The largest absolute Gasteiger partial charge is 0.465 e. The number of thiophene rings is 1.